The molecule has 108 valence electrons. The lowest BCUT2D eigenvalue weighted by molar-refractivity contribution is -0.385. The maximum absolute atomic E-state index is 13.5. The van der Waals surface area contributed by atoms with Gasteiger partial charge in [-0.15, -0.1) is 0 Å². The molecular weight excluding hydrogens is 275 g/mol. The largest absolute Gasteiger partial charge is 0.480 e. The number of aliphatic hydroxyl groups is 1. The van der Waals surface area contributed by atoms with Gasteiger partial charge in [0.2, 0.25) is 0 Å². The van der Waals surface area contributed by atoms with E-state index in [9.17, 15) is 24.1 Å². The van der Waals surface area contributed by atoms with Crippen molar-refractivity contribution in [2.24, 2.45) is 0 Å². The van der Waals surface area contributed by atoms with Crippen LogP contribution in [-0.4, -0.2) is 39.7 Å². The van der Waals surface area contributed by atoms with Gasteiger partial charge < -0.3 is 15.5 Å². The van der Waals surface area contributed by atoms with Gasteiger partial charge in [0, 0.05) is 19.1 Å². The van der Waals surface area contributed by atoms with Crippen molar-refractivity contribution < 1.29 is 29.1 Å². The number of carbonyl (C=O) groups is 2. The number of amides is 1. The fraction of sp³-hybridized carbons (Fsp3) is 0.273. The van der Waals surface area contributed by atoms with Crippen LogP contribution in [0.2, 0.25) is 0 Å². The van der Waals surface area contributed by atoms with Crippen LogP contribution in [0.5, 0.6) is 0 Å². The highest BCUT2D eigenvalue weighted by molar-refractivity contribution is 5.97. The Labute approximate surface area is 112 Å². The van der Waals surface area contributed by atoms with Crippen LogP contribution in [0.15, 0.2) is 18.2 Å². The topological polar surface area (TPSA) is 130 Å². The number of non-ortho nitro benzene ring substituents is 1. The zero-order valence-electron chi connectivity index (χ0n) is 10.1. The van der Waals surface area contributed by atoms with Crippen LogP contribution in [0.25, 0.3) is 0 Å². The number of aliphatic carboxylic acids is 1. The van der Waals surface area contributed by atoms with Gasteiger partial charge in [-0.05, 0) is 6.07 Å². The molecule has 0 radical (unpaired) electrons. The first-order valence-electron chi connectivity index (χ1n) is 5.45. The molecule has 3 N–H and O–H groups in total. The molecule has 0 heterocycles. The van der Waals surface area contributed by atoms with Crippen molar-refractivity contribution in [2.45, 2.75) is 12.5 Å². The van der Waals surface area contributed by atoms with Crippen LogP contribution >= 0.6 is 0 Å². The summed E-state index contributed by atoms with van der Waals surface area (Å²) < 4.78 is 13.5. The number of nitro benzene ring substituents is 1. The number of rotatable bonds is 6. The Morgan fingerprint density at radius 2 is 2.10 bits per heavy atom. The van der Waals surface area contributed by atoms with Gasteiger partial charge in [-0.3, -0.25) is 14.9 Å². The predicted molar refractivity (Wildman–Crippen MR) is 63.6 cm³/mol. The summed E-state index contributed by atoms with van der Waals surface area (Å²) in [5.74, 6) is -3.54. The number of hydrogen-bond donors (Lipinski definition) is 3. The summed E-state index contributed by atoms with van der Waals surface area (Å²) in [6.07, 6.45) is -0.240. The van der Waals surface area contributed by atoms with E-state index in [1.54, 1.807) is 0 Å². The third-order valence-corrected chi connectivity index (χ3v) is 2.43. The van der Waals surface area contributed by atoms with Gasteiger partial charge in [0.1, 0.15) is 11.9 Å². The van der Waals surface area contributed by atoms with E-state index in [1.807, 2.05) is 5.32 Å². The molecule has 1 atom stereocenters. The van der Waals surface area contributed by atoms with Crippen molar-refractivity contribution in [2.75, 3.05) is 6.61 Å². The van der Waals surface area contributed by atoms with E-state index in [4.69, 9.17) is 10.2 Å². The molecule has 1 amide bonds. The third kappa shape index (κ3) is 3.72. The van der Waals surface area contributed by atoms with Crippen molar-refractivity contribution in [3.8, 4) is 0 Å². The number of carbonyl (C=O) groups excluding carboxylic acids is 1. The average molecular weight is 286 g/mol. The monoisotopic (exact) mass is 286 g/mol. The molecule has 0 fully saturated rings. The van der Waals surface area contributed by atoms with E-state index >= 15 is 0 Å². The predicted octanol–water partition coefficient (Wildman–Crippen LogP) is 0.299. The first-order valence-corrected chi connectivity index (χ1v) is 5.45. The first-order chi connectivity index (χ1) is 9.36. The van der Waals surface area contributed by atoms with Gasteiger partial charge >= 0.3 is 5.97 Å². The lowest BCUT2D eigenvalue weighted by Crippen LogP contribution is -2.41. The number of carboxylic acid groups (broad SMARTS) is 1. The molecule has 1 rings (SSSR count). The number of halogens is 1. The molecule has 9 heteroatoms. The summed E-state index contributed by atoms with van der Waals surface area (Å²) in [5.41, 5.74) is -1.04. The summed E-state index contributed by atoms with van der Waals surface area (Å²) in [4.78, 5) is 32.0. The van der Waals surface area contributed by atoms with Crippen LogP contribution in [0.4, 0.5) is 10.1 Å². The highest BCUT2D eigenvalue weighted by Gasteiger charge is 2.22. The van der Waals surface area contributed by atoms with E-state index in [2.05, 4.69) is 0 Å². The molecule has 1 aromatic rings. The van der Waals surface area contributed by atoms with Gasteiger partial charge in [0.05, 0.1) is 16.6 Å². The second-order valence-corrected chi connectivity index (χ2v) is 3.80. The molecule has 8 nitrogen and oxygen atoms in total. The summed E-state index contributed by atoms with van der Waals surface area (Å²) in [6.45, 7) is -0.472. The SMILES string of the molecule is O=C(N[C@@H](CCO)C(=O)O)c1ccc([N+](=O)[O-])cc1F. The molecule has 20 heavy (non-hydrogen) atoms. The van der Waals surface area contributed by atoms with Crippen LogP contribution in [0, 0.1) is 15.9 Å². The molecule has 0 aliphatic rings. The summed E-state index contributed by atoms with van der Waals surface area (Å²) >= 11 is 0. The van der Waals surface area contributed by atoms with E-state index in [-0.39, 0.29) is 6.42 Å². The smallest absolute Gasteiger partial charge is 0.326 e. The van der Waals surface area contributed by atoms with Crippen molar-refractivity contribution in [1.82, 2.24) is 5.32 Å². The van der Waals surface area contributed by atoms with Crippen molar-refractivity contribution in [3.63, 3.8) is 0 Å². The molecule has 1 aromatic carbocycles. The highest BCUT2D eigenvalue weighted by Crippen LogP contribution is 2.16. The summed E-state index contributed by atoms with van der Waals surface area (Å²) in [6, 6.07) is 1.01. The Balaban J connectivity index is 2.92. The normalized spacial score (nSPS) is 11.7. The molecule has 0 saturated carbocycles. The van der Waals surface area contributed by atoms with Gasteiger partial charge in [-0.2, -0.15) is 0 Å². The molecule has 0 spiro atoms. The third-order valence-electron chi connectivity index (χ3n) is 2.43. The minimum absolute atomic E-state index is 0.240. The zero-order chi connectivity index (χ0) is 15.3. The highest BCUT2D eigenvalue weighted by atomic mass is 19.1. The Morgan fingerprint density at radius 1 is 1.45 bits per heavy atom. The van der Waals surface area contributed by atoms with Crippen LogP contribution in [-0.2, 0) is 4.79 Å². The quantitative estimate of drug-likeness (QED) is 0.509. The Kier molecular flexibility index (Phi) is 5.09. The molecule has 0 saturated heterocycles. The average Bonchev–Trinajstić information content (AvgIpc) is 2.37. The second-order valence-electron chi connectivity index (χ2n) is 3.80. The lowest BCUT2D eigenvalue weighted by atomic mass is 10.1. The molecular formula is C11H11FN2O6. The van der Waals surface area contributed by atoms with Crippen LogP contribution in [0.1, 0.15) is 16.8 Å². The first kappa shape index (κ1) is 15.5. The summed E-state index contributed by atoms with van der Waals surface area (Å²) in [7, 11) is 0. The van der Waals surface area contributed by atoms with Gasteiger partial charge in [0.25, 0.3) is 11.6 Å². The van der Waals surface area contributed by atoms with Gasteiger partial charge in [-0.1, -0.05) is 0 Å². The lowest BCUT2D eigenvalue weighted by Gasteiger charge is -2.13. The van der Waals surface area contributed by atoms with Crippen LogP contribution in [0.3, 0.4) is 0 Å². The van der Waals surface area contributed by atoms with Crippen molar-refractivity contribution in [1.29, 1.82) is 0 Å². The van der Waals surface area contributed by atoms with Crippen molar-refractivity contribution >= 4 is 17.6 Å². The minimum atomic E-state index is -1.38. The maximum Gasteiger partial charge on any atom is 0.326 e. The molecule has 0 unspecified atom stereocenters. The molecule has 0 bridgehead atoms. The second kappa shape index (κ2) is 6.57. The number of nitro groups is 1. The van der Waals surface area contributed by atoms with E-state index in [0.717, 1.165) is 12.1 Å². The standard InChI is InChI=1S/C11H11FN2O6/c12-8-5-6(14(19)20)1-2-7(8)10(16)13-9(3-4-15)11(17)18/h1-2,5,9,15H,3-4H2,(H,13,16)(H,17,18)/t9-/m0/s1. The van der Waals surface area contributed by atoms with E-state index < -0.39 is 46.5 Å². The number of nitrogens with zero attached hydrogens (tertiary/aromatic N) is 1. The van der Waals surface area contributed by atoms with E-state index in [0.29, 0.717) is 6.07 Å². The van der Waals surface area contributed by atoms with Gasteiger partial charge in [-0.25, -0.2) is 9.18 Å². The number of benzene rings is 1. The maximum atomic E-state index is 13.5. The molecule has 0 aromatic heterocycles. The Bertz CT molecular complexity index is 548. The fourth-order valence-electron chi connectivity index (χ4n) is 1.42. The molecule has 0 aliphatic carbocycles. The Hall–Kier alpha value is -2.55. The summed E-state index contributed by atoms with van der Waals surface area (Å²) in [5, 5.41) is 29.9. The fourth-order valence-corrected chi connectivity index (χ4v) is 1.42. The number of nitrogens with one attached hydrogen (secondary N) is 1. The van der Waals surface area contributed by atoms with Crippen molar-refractivity contribution in [3.05, 3.63) is 39.7 Å². The van der Waals surface area contributed by atoms with E-state index in [1.165, 1.54) is 0 Å². The minimum Gasteiger partial charge on any atom is -0.480 e. The van der Waals surface area contributed by atoms with Crippen LogP contribution < -0.4 is 5.32 Å². The van der Waals surface area contributed by atoms with Gasteiger partial charge in [0.15, 0.2) is 0 Å². The number of hydrogen-bond acceptors (Lipinski definition) is 5. The number of aliphatic hydroxyl groups excluding tert-OH is 1. The molecule has 0 aliphatic heterocycles. The zero-order valence-corrected chi connectivity index (χ0v) is 10.1. The Morgan fingerprint density at radius 3 is 2.55 bits per heavy atom. The number of carboxylic acids is 1.